The highest BCUT2D eigenvalue weighted by Crippen LogP contribution is 2.66. The molecule has 0 saturated heterocycles. The van der Waals surface area contributed by atoms with E-state index in [0.717, 1.165) is 11.0 Å². The maximum atomic E-state index is 13.8. The van der Waals surface area contributed by atoms with E-state index in [2.05, 4.69) is 63.1 Å². The summed E-state index contributed by atoms with van der Waals surface area (Å²) in [6.07, 6.45) is -8.53. The summed E-state index contributed by atoms with van der Waals surface area (Å²) in [5, 5.41) is -5.92. The van der Waals surface area contributed by atoms with Crippen molar-refractivity contribution in [2.45, 2.75) is 103 Å². The Morgan fingerprint density at radius 1 is 0.981 bits per heavy atom. The lowest BCUT2D eigenvalue weighted by molar-refractivity contribution is -0.884. The minimum Gasteiger partial charge on any atom is -0.743 e. The zero-order valence-electron chi connectivity index (χ0n) is 30.5. The molecule has 0 aromatic heterocycles. The molecule has 52 heavy (non-hydrogen) atoms. The van der Waals surface area contributed by atoms with Crippen LogP contribution >= 0.6 is 0 Å². The molecule has 4 fully saturated rings. The van der Waals surface area contributed by atoms with Gasteiger partial charge in [0.2, 0.25) is 0 Å². The monoisotopic (exact) mass is 763 g/mol. The molecule has 4 saturated carbocycles. The number of quaternary nitrogens is 1. The largest absolute Gasteiger partial charge is 0.743 e. The Labute approximate surface area is 302 Å². The topological polar surface area (TPSA) is 135 Å². The molecule has 292 valence electrons. The Kier molecular flexibility index (Phi) is 11.9. The summed E-state index contributed by atoms with van der Waals surface area (Å²) in [4.78, 5) is 51.5. The van der Waals surface area contributed by atoms with Crippen molar-refractivity contribution < 1.29 is 63.3 Å². The third-order valence-electron chi connectivity index (χ3n) is 12.4. The summed E-state index contributed by atoms with van der Waals surface area (Å²) in [6, 6.07) is 10.6. The van der Waals surface area contributed by atoms with Crippen LogP contribution in [0.25, 0.3) is 0 Å². The number of ketones is 3. The van der Waals surface area contributed by atoms with E-state index in [1.807, 2.05) is 0 Å². The van der Waals surface area contributed by atoms with Gasteiger partial charge in [-0.05, 0) is 60.7 Å². The molecular weight excluding hydrogens is 713 g/mol. The standard InChI is InChI=1S/C27H35F5O8S.C10H16N/c1-13(4-7-21(36)40-23(26(28,29)30)27(31,32)41(37,38)39)16-5-6-17-22-18(12-20(35)25(16,17)3)24(2)9-8-15(33)10-14(24)11-19(22)34;1-11(2,3)9-10-7-5-4-6-8-10/h13-14,16-18,22-23H,4-12H2,1-3H3,(H,37,38,39);4-8H,9H2,1-3H3/q;+1/p-1/t13-,14?,16-,17+,18+,22+,23?,24+,25-;/m1./s1. The summed E-state index contributed by atoms with van der Waals surface area (Å²) >= 11 is 0. The van der Waals surface area contributed by atoms with E-state index >= 15 is 0 Å². The molecule has 9 atom stereocenters. The van der Waals surface area contributed by atoms with E-state index in [1.54, 1.807) is 13.8 Å². The Bertz CT molecular complexity index is 1630. The van der Waals surface area contributed by atoms with Gasteiger partial charge in [-0.2, -0.15) is 22.0 Å². The predicted molar refractivity (Wildman–Crippen MR) is 178 cm³/mol. The number of fused-ring (bicyclic) bond motifs is 5. The fourth-order valence-electron chi connectivity index (χ4n) is 9.72. The molecule has 0 aliphatic heterocycles. The summed E-state index contributed by atoms with van der Waals surface area (Å²) in [5.41, 5.74) is 0.150. The second-order valence-electron chi connectivity index (χ2n) is 16.8. The maximum Gasteiger partial charge on any atom is 0.432 e. The highest BCUT2D eigenvalue weighted by atomic mass is 32.2. The lowest BCUT2D eigenvalue weighted by Gasteiger charge is -2.58. The molecule has 15 heteroatoms. The predicted octanol–water partition coefficient (Wildman–Crippen LogP) is 6.49. The Morgan fingerprint density at radius 3 is 2.15 bits per heavy atom. The number of carbonyl (C=O) groups is 4. The van der Waals surface area contributed by atoms with E-state index in [-0.39, 0.29) is 71.6 Å². The molecule has 5 rings (SSSR count). The Morgan fingerprint density at radius 2 is 1.60 bits per heavy atom. The van der Waals surface area contributed by atoms with E-state index in [4.69, 9.17) is 0 Å². The van der Waals surface area contributed by atoms with Crippen LogP contribution in [0.3, 0.4) is 0 Å². The van der Waals surface area contributed by atoms with E-state index < -0.39 is 51.4 Å². The summed E-state index contributed by atoms with van der Waals surface area (Å²) in [7, 11) is -0.189. The molecule has 0 N–H and O–H groups in total. The van der Waals surface area contributed by atoms with Gasteiger partial charge in [0, 0.05) is 49.0 Å². The average molecular weight is 764 g/mol. The summed E-state index contributed by atoms with van der Waals surface area (Å²) in [6.45, 7) is 6.63. The molecular formula is C37H50F5NO8S. The van der Waals surface area contributed by atoms with Crippen molar-refractivity contribution in [2.24, 2.45) is 46.3 Å². The van der Waals surface area contributed by atoms with E-state index in [9.17, 15) is 54.1 Å². The summed E-state index contributed by atoms with van der Waals surface area (Å²) < 4.78 is 104. The molecule has 2 unspecified atom stereocenters. The molecule has 4 aliphatic carbocycles. The Hall–Kier alpha value is -2.78. The van der Waals surface area contributed by atoms with Crippen LogP contribution in [-0.2, 0) is 40.6 Å². The number of hydrogen-bond acceptors (Lipinski definition) is 8. The van der Waals surface area contributed by atoms with E-state index in [1.165, 1.54) is 5.56 Å². The van der Waals surface area contributed by atoms with Crippen LogP contribution < -0.4 is 0 Å². The first-order valence-electron chi connectivity index (χ1n) is 17.7. The molecule has 0 spiro atoms. The molecule has 0 amide bonds. The lowest BCUT2D eigenvalue weighted by atomic mass is 9.44. The number of alkyl halides is 5. The van der Waals surface area contributed by atoms with Gasteiger partial charge in [0.1, 0.15) is 23.9 Å². The molecule has 0 heterocycles. The first kappa shape index (κ1) is 42.0. The fraction of sp³-hybridized carbons (Fsp3) is 0.730. The molecule has 9 nitrogen and oxygen atoms in total. The molecule has 0 bridgehead atoms. The quantitative estimate of drug-likeness (QED) is 0.121. The van der Waals surface area contributed by atoms with Crippen molar-refractivity contribution >= 4 is 33.4 Å². The minimum atomic E-state index is -6.79. The smallest absolute Gasteiger partial charge is 0.432 e. The van der Waals surface area contributed by atoms with Crippen LogP contribution in [0.1, 0.15) is 84.1 Å². The minimum absolute atomic E-state index is 0.0373. The van der Waals surface area contributed by atoms with Crippen molar-refractivity contribution in [3.63, 3.8) is 0 Å². The van der Waals surface area contributed by atoms with Crippen molar-refractivity contribution in [3.8, 4) is 0 Å². The van der Waals surface area contributed by atoms with Crippen LogP contribution in [0.2, 0.25) is 0 Å². The molecule has 1 aromatic rings. The number of nitrogens with zero attached hydrogens (tertiary/aromatic N) is 1. The summed E-state index contributed by atoms with van der Waals surface area (Å²) in [5.74, 6) is -3.35. The van der Waals surface area contributed by atoms with Crippen LogP contribution in [0.4, 0.5) is 22.0 Å². The van der Waals surface area contributed by atoms with Gasteiger partial charge in [0.25, 0.3) is 6.10 Å². The van der Waals surface area contributed by atoms with Crippen LogP contribution in [0.5, 0.6) is 0 Å². The maximum absolute atomic E-state index is 13.8. The van der Waals surface area contributed by atoms with Crippen molar-refractivity contribution in [2.75, 3.05) is 21.1 Å². The fourth-order valence-corrected chi connectivity index (χ4v) is 10.2. The third kappa shape index (κ3) is 8.46. The first-order chi connectivity index (χ1) is 23.7. The second kappa shape index (κ2) is 14.8. The number of benzene rings is 1. The van der Waals surface area contributed by atoms with Crippen molar-refractivity contribution in [1.29, 1.82) is 0 Å². The van der Waals surface area contributed by atoms with Gasteiger partial charge in [-0.25, -0.2) is 8.42 Å². The van der Waals surface area contributed by atoms with Crippen molar-refractivity contribution in [1.82, 2.24) is 0 Å². The van der Waals surface area contributed by atoms with Crippen LogP contribution in [-0.4, -0.2) is 79.5 Å². The van der Waals surface area contributed by atoms with Gasteiger partial charge < -0.3 is 13.8 Å². The van der Waals surface area contributed by atoms with Gasteiger partial charge in [0.15, 0.2) is 10.1 Å². The Balaban J connectivity index is 0.000000470. The van der Waals surface area contributed by atoms with Gasteiger partial charge in [-0.3, -0.25) is 19.2 Å². The van der Waals surface area contributed by atoms with Gasteiger partial charge in [-0.1, -0.05) is 51.1 Å². The number of carbonyl (C=O) groups excluding carboxylic acids is 4. The highest BCUT2D eigenvalue weighted by molar-refractivity contribution is 7.86. The number of esters is 1. The number of hydrogen-bond donors (Lipinski definition) is 0. The zero-order chi connectivity index (χ0) is 39.2. The van der Waals surface area contributed by atoms with Gasteiger partial charge in [-0.15, -0.1) is 0 Å². The normalized spacial score (nSPS) is 32.1. The number of Topliss-reactive ketones (excluding diaryl/α,β-unsaturated/α-hetero) is 3. The van der Waals surface area contributed by atoms with E-state index in [0.29, 0.717) is 32.1 Å². The first-order valence-corrected chi connectivity index (χ1v) is 19.2. The lowest BCUT2D eigenvalue weighted by Crippen LogP contribution is -2.60. The third-order valence-corrected chi connectivity index (χ3v) is 13.3. The highest BCUT2D eigenvalue weighted by Gasteiger charge is 2.66. The van der Waals surface area contributed by atoms with Gasteiger partial charge >= 0.3 is 17.4 Å². The number of ether oxygens (including phenoxy) is 1. The molecule has 1 aromatic carbocycles. The zero-order valence-corrected chi connectivity index (χ0v) is 31.3. The van der Waals surface area contributed by atoms with Crippen molar-refractivity contribution in [3.05, 3.63) is 35.9 Å². The number of rotatable bonds is 9. The van der Waals surface area contributed by atoms with Crippen LogP contribution in [0, 0.1) is 46.3 Å². The second-order valence-corrected chi connectivity index (χ2v) is 18.3. The molecule has 0 radical (unpaired) electrons. The SMILES string of the molecule is C[C@H](CCC(=O)OC(C(F)(F)F)C(F)(F)S(=O)(=O)[O-])[C@H]1CC[C@H]2[C@@H]3C(=O)CC4CC(=O)CC[C@]4(C)[C@H]3CC(=O)[C@]12C.C[N+](C)(C)Cc1ccccc1. The average Bonchev–Trinajstić information content (AvgIpc) is 3.37. The van der Waals surface area contributed by atoms with Gasteiger partial charge in [0.05, 0.1) is 21.1 Å². The molecule has 4 aliphatic rings. The van der Waals surface area contributed by atoms with Crippen LogP contribution in [0.15, 0.2) is 30.3 Å². The number of halogens is 5.